The molecule has 0 radical (unpaired) electrons. The van der Waals surface area contributed by atoms with Gasteiger partial charge in [-0.15, -0.1) is 0 Å². The van der Waals surface area contributed by atoms with Crippen LogP contribution in [0.5, 0.6) is 0 Å². The first-order valence-corrected chi connectivity index (χ1v) is 5.58. The summed E-state index contributed by atoms with van der Waals surface area (Å²) in [6.45, 7) is 1.06. The van der Waals surface area contributed by atoms with E-state index in [2.05, 4.69) is 10.3 Å². The Labute approximate surface area is 93.6 Å². The van der Waals surface area contributed by atoms with Crippen LogP contribution in [0.25, 0.3) is 0 Å². The van der Waals surface area contributed by atoms with Crippen molar-refractivity contribution in [3.05, 3.63) is 28.0 Å². The molecule has 0 aliphatic carbocycles. The van der Waals surface area contributed by atoms with Crippen molar-refractivity contribution in [2.24, 2.45) is 0 Å². The molecule has 0 amide bonds. The molecule has 1 aromatic heterocycles. The third-order valence-electron chi connectivity index (χ3n) is 2.53. The van der Waals surface area contributed by atoms with Gasteiger partial charge < -0.3 is 5.32 Å². The Morgan fingerprint density at radius 3 is 2.79 bits per heavy atom. The maximum Gasteiger partial charge on any atom is 0.135 e. The molecule has 4 heteroatoms. The zero-order valence-electron chi connectivity index (χ0n) is 7.76. The van der Waals surface area contributed by atoms with Crippen LogP contribution in [0, 0.1) is 0 Å². The van der Waals surface area contributed by atoms with Gasteiger partial charge in [-0.25, -0.2) is 4.98 Å². The summed E-state index contributed by atoms with van der Waals surface area (Å²) >= 11 is 11.8. The maximum absolute atomic E-state index is 6.03. The van der Waals surface area contributed by atoms with Crippen molar-refractivity contribution in [1.82, 2.24) is 10.3 Å². The minimum atomic E-state index is 0.348. The number of rotatable bonds is 1. The monoisotopic (exact) mass is 230 g/mol. The zero-order chi connectivity index (χ0) is 9.97. The lowest BCUT2D eigenvalue weighted by Gasteiger charge is -2.24. The summed E-state index contributed by atoms with van der Waals surface area (Å²) in [5, 5.41) is 4.41. The summed E-state index contributed by atoms with van der Waals surface area (Å²) in [7, 11) is 0. The van der Waals surface area contributed by atoms with E-state index in [9.17, 15) is 0 Å². The van der Waals surface area contributed by atoms with Crippen LogP contribution in [0.3, 0.4) is 0 Å². The van der Waals surface area contributed by atoms with Crippen molar-refractivity contribution >= 4 is 23.2 Å². The maximum atomic E-state index is 6.03. The van der Waals surface area contributed by atoms with E-state index in [0.717, 1.165) is 18.5 Å². The van der Waals surface area contributed by atoms with Crippen molar-refractivity contribution in [2.75, 3.05) is 6.54 Å². The first-order valence-electron chi connectivity index (χ1n) is 4.83. The minimum absolute atomic E-state index is 0.348. The lowest BCUT2D eigenvalue weighted by atomic mass is 9.99. The molecule has 2 rings (SSSR count). The van der Waals surface area contributed by atoms with E-state index in [4.69, 9.17) is 23.2 Å². The van der Waals surface area contributed by atoms with Crippen LogP contribution in [-0.4, -0.2) is 11.5 Å². The van der Waals surface area contributed by atoms with Crippen molar-refractivity contribution in [3.8, 4) is 0 Å². The summed E-state index contributed by atoms with van der Waals surface area (Å²) in [6.07, 6.45) is 3.62. The molecule has 1 atom stereocenters. The number of nitrogens with one attached hydrogen (secondary N) is 1. The average molecular weight is 231 g/mol. The minimum Gasteiger partial charge on any atom is -0.310 e. The molecule has 0 spiro atoms. The van der Waals surface area contributed by atoms with Gasteiger partial charge in [0.25, 0.3) is 0 Å². The normalized spacial score (nSPS) is 22.3. The summed E-state index contributed by atoms with van der Waals surface area (Å²) in [5.74, 6) is 0. The van der Waals surface area contributed by atoms with Gasteiger partial charge in [0.15, 0.2) is 0 Å². The van der Waals surface area contributed by atoms with Crippen molar-refractivity contribution in [2.45, 2.75) is 25.3 Å². The Bertz CT molecular complexity index is 322. The van der Waals surface area contributed by atoms with Gasteiger partial charge in [0.05, 0.1) is 0 Å². The topological polar surface area (TPSA) is 24.9 Å². The predicted octanol–water partition coefficient (Wildman–Crippen LogP) is 3.20. The Morgan fingerprint density at radius 1 is 1.29 bits per heavy atom. The molecule has 2 nitrogen and oxygen atoms in total. The number of hydrogen-bond acceptors (Lipinski definition) is 2. The lowest BCUT2D eigenvalue weighted by Crippen LogP contribution is -2.27. The van der Waals surface area contributed by atoms with Crippen molar-refractivity contribution in [1.29, 1.82) is 0 Å². The van der Waals surface area contributed by atoms with Gasteiger partial charge in [-0.1, -0.05) is 35.7 Å². The van der Waals surface area contributed by atoms with Gasteiger partial charge in [-0.3, -0.25) is 0 Å². The molecule has 14 heavy (non-hydrogen) atoms. The number of piperidine rings is 1. The number of pyridine rings is 1. The van der Waals surface area contributed by atoms with E-state index in [1.807, 2.05) is 6.07 Å². The molecular weight excluding hydrogens is 219 g/mol. The average Bonchev–Trinajstić information content (AvgIpc) is 2.19. The third kappa shape index (κ3) is 2.19. The number of aromatic nitrogens is 1. The molecule has 0 unspecified atom stereocenters. The van der Waals surface area contributed by atoms with Crippen LogP contribution < -0.4 is 5.32 Å². The van der Waals surface area contributed by atoms with Gasteiger partial charge in [-0.05, 0) is 25.5 Å². The van der Waals surface area contributed by atoms with E-state index in [-0.39, 0.29) is 0 Å². The van der Waals surface area contributed by atoms with Crippen LogP contribution in [0.15, 0.2) is 12.1 Å². The molecule has 76 valence electrons. The highest BCUT2D eigenvalue weighted by atomic mass is 35.5. The van der Waals surface area contributed by atoms with Crippen LogP contribution in [0.1, 0.15) is 30.9 Å². The largest absolute Gasteiger partial charge is 0.310 e. The Morgan fingerprint density at radius 2 is 2.14 bits per heavy atom. The third-order valence-corrected chi connectivity index (χ3v) is 3.04. The van der Waals surface area contributed by atoms with Crippen molar-refractivity contribution < 1.29 is 0 Å². The predicted molar refractivity (Wildman–Crippen MR) is 58.9 cm³/mol. The first kappa shape index (κ1) is 10.2. The SMILES string of the molecule is Clc1ccc([C@@H]2CCCCN2)c(Cl)n1. The smallest absolute Gasteiger partial charge is 0.135 e. The summed E-state index contributed by atoms with van der Waals surface area (Å²) < 4.78 is 0. The van der Waals surface area contributed by atoms with Crippen LogP contribution in [0.4, 0.5) is 0 Å². The standard InChI is InChI=1S/C10H12Cl2N2/c11-9-5-4-7(10(12)14-9)8-3-1-2-6-13-8/h4-5,8,13H,1-3,6H2/t8-/m0/s1. The van der Waals surface area contributed by atoms with Gasteiger partial charge in [0.1, 0.15) is 10.3 Å². The summed E-state index contributed by atoms with van der Waals surface area (Å²) in [4.78, 5) is 4.04. The molecule has 1 N–H and O–H groups in total. The summed E-state index contributed by atoms with van der Waals surface area (Å²) in [5.41, 5.74) is 1.07. The fraction of sp³-hybridized carbons (Fsp3) is 0.500. The zero-order valence-corrected chi connectivity index (χ0v) is 9.28. The summed E-state index contributed by atoms with van der Waals surface area (Å²) in [6, 6.07) is 4.10. The van der Waals surface area contributed by atoms with Crippen molar-refractivity contribution in [3.63, 3.8) is 0 Å². The van der Waals surface area contributed by atoms with Gasteiger partial charge >= 0.3 is 0 Å². The van der Waals surface area contributed by atoms with Gasteiger partial charge in [0.2, 0.25) is 0 Å². The molecule has 1 aromatic rings. The highest BCUT2D eigenvalue weighted by Crippen LogP contribution is 2.28. The molecule has 0 bridgehead atoms. The Hall–Kier alpha value is -0.310. The number of halogens is 2. The van der Waals surface area contributed by atoms with E-state index < -0.39 is 0 Å². The fourth-order valence-electron chi connectivity index (χ4n) is 1.80. The second kappa shape index (κ2) is 4.47. The van der Waals surface area contributed by atoms with Gasteiger partial charge in [-0.2, -0.15) is 0 Å². The molecule has 0 aromatic carbocycles. The second-order valence-corrected chi connectivity index (χ2v) is 4.26. The molecule has 2 heterocycles. The second-order valence-electron chi connectivity index (χ2n) is 3.52. The lowest BCUT2D eigenvalue weighted by molar-refractivity contribution is 0.412. The highest BCUT2D eigenvalue weighted by Gasteiger charge is 2.17. The molecule has 1 saturated heterocycles. The first-order chi connectivity index (χ1) is 6.77. The van der Waals surface area contributed by atoms with E-state index >= 15 is 0 Å². The molecular formula is C10H12Cl2N2. The highest BCUT2D eigenvalue weighted by molar-refractivity contribution is 6.32. The van der Waals surface area contributed by atoms with E-state index in [0.29, 0.717) is 16.3 Å². The molecule has 1 aliphatic rings. The van der Waals surface area contributed by atoms with Crippen LogP contribution >= 0.6 is 23.2 Å². The number of nitrogens with zero attached hydrogens (tertiary/aromatic N) is 1. The van der Waals surface area contributed by atoms with Crippen LogP contribution in [-0.2, 0) is 0 Å². The van der Waals surface area contributed by atoms with E-state index in [1.54, 1.807) is 6.07 Å². The fourth-order valence-corrected chi connectivity index (χ4v) is 2.28. The Balaban J connectivity index is 2.22. The number of hydrogen-bond donors (Lipinski definition) is 1. The van der Waals surface area contributed by atoms with E-state index in [1.165, 1.54) is 12.8 Å². The molecule has 0 saturated carbocycles. The molecule has 1 fully saturated rings. The van der Waals surface area contributed by atoms with Gasteiger partial charge in [0, 0.05) is 11.6 Å². The quantitative estimate of drug-likeness (QED) is 0.750. The van der Waals surface area contributed by atoms with Crippen LogP contribution in [0.2, 0.25) is 10.3 Å². The Kier molecular flexibility index (Phi) is 3.26. The molecule has 1 aliphatic heterocycles.